The molecule has 24 heavy (non-hydrogen) atoms. The summed E-state index contributed by atoms with van der Waals surface area (Å²) in [6.45, 7) is 2.24. The summed E-state index contributed by atoms with van der Waals surface area (Å²) in [5.74, 6) is 0.670. The van der Waals surface area contributed by atoms with Crippen LogP contribution in [0.25, 0.3) is 0 Å². The molecular weight excluding hydrogens is 322 g/mol. The quantitative estimate of drug-likeness (QED) is 0.716. The smallest absolute Gasteiger partial charge is 0.321 e. The number of carbonyl (C=O) groups is 1. The second kappa shape index (κ2) is 7.77. The van der Waals surface area contributed by atoms with E-state index in [4.69, 9.17) is 0 Å². The zero-order valence-electron chi connectivity index (χ0n) is 13.7. The molecule has 1 fully saturated rings. The second-order valence-corrected chi connectivity index (χ2v) is 7.24. The van der Waals surface area contributed by atoms with Crippen LogP contribution in [0.4, 0.5) is 9.93 Å². The molecule has 2 unspecified atom stereocenters. The second-order valence-electron chi connectivity index (χ2n) is 6.38. The summed E-state index contributed by atoms with van der Waals surface area (Å²) in [5.41, 5.74) is 2.20. The lowest BCUT2D eigenvalue weighted by Crippen LogP contribution is -2.33. The van der Waals surface area contributed by atoms with Crippen molar-refractivity contribution in [2.24, 2.45) is 0 Å². The van der Waals surface area contributed by atoms with Gasteiger partial charge in [0.2, 0.25) is 0 Å². The van der Waals surface area contributed by atoms with Crippen molar-refractivity contribution in [3.8, 4) is 0 Å². The number of urea groups is 1. The molecule has 2 aromatic rings. The summed E-state index contributed by atoms with van der Waals surface area (Å²) in [4.78, 5) is 16.6. The number of nitrogens with zero attached hydrogens (tertiary/aromatic N) is 1. The van der Waals surface area contributed by atoms with Crippen LogP contribution in [0.2, 0.25) is 0 Å². The summed E-state index contributed by atoms with van der Waals surface area (Å²) in [6.07, 6.45) is 2.59. The highest BCUT2D eigenvalue weighted by Gasteiger charge is 2.26. The van der Waals surface area contributed by atoms with Crippen molar-refractivity contribution in [2.75, 3.05) is 11.9 Å². The van der Waals surface area contributed by atoms with Crippen molar-refractivity contribution in [1.82, 2.24) is 10.3 Å². The number of aliphatic hydroxyl groups excluding tert-OH is 1. The van der Waals surface area contributed by atoms with Crippen LogP contribution in [0.15, 0.2) is 35.7 Å². The van der Waals surface area contributed by atoms with Crippen molar-refractivity contribution in [2.45, 2.75) is 44.1 Å². The topological polar surface area (TPSA) is 74.2 Å². The molecule has 1 aliphatic rings. The Morgan fingerprint density at radius 3 is 2.79 bits per heavy atom. The first kappa shape index (κ1) is 16.9. The Morgan fingerprint density at radius 2 is 2.12 bits per heavy atom. The number of benzene rings is 1. The normalized spacial score (nSPS) is 16.4. The molecule has 3 N–H and O–H groups in total. The standard InChI is InChI=1S/C18H23N3O2S/c1-12(22)9-15(13-5-3-2-4-6-13)10-19-17(23)21-18-20-16(11-24-18)14-7-8-14/h2-6,11-12,14-15,22H,7-10H2,1H3,(H2,19,20,21,23). The SMILES string of the molecule is CC(O)CC(CNC(=O)Nc1nc(C2CC2)cs1)c1ccccc1. The highest BCUT2D eigenvalue weighted by molar-refractivity contribution is 7.13. The van der Waals surface area contributed by atoms with E-state index in [1.807, 2.05) is 35.7 Å². The number of nitrogens with one attached hydrogen (secondary N) is 2. The molecule has 1 aliphatic carbocycles. The van der Waals surface area contributed by atoms with Gasteiger partial charge in [-0.1, -0.05) is 30.3 Å². The van der Waals surface area contributed by atoms with Crippen molar-refractivity contribution in [3.63, 3.8) is 0 Å². The van der Waals surface area contributed by atoms with Crippen LogP contribution >= 0.6 is 11.3 Å². The third kappa shape index (κ3) is 4.79. The van der Waals surface area contributed by atoms with Gasteiger partial charge in [0.25, 0.3) is 0 Å². The summed E-state index contributed by atoms with van der Waals surface area (Å²) in [6, 6.07) is 9.70. The number of hydrogen-bond donors (Lipinski definition) is 3. The zero-order chi connectivity index (χ0) is 16.9. The average Bonchev–Trinajstić information content (AvgIpc) is 3.32. The van der Waals surface area contributed by atoms with E-state index in [1.54, 1.807) is 6.92 Å². The van der Waals surface area contributed by atoms with Crippen LogP contribution in [-0.4, -0.2) is 28.8 Å². The summed E-state index contributed by atoms with van der Waals surface area (Å²) in [5, 5.41) is 18.1. The van der Waals surface area contributed by atoms with Crippen molar-refractivity contribution >= 4 is 22.5 Å². The Kier molecular flexibility index (Phi) is 5.48. The number of thiazole rings is 1. The molecule has 2 atom stereocenters. The minimum absolute atomic E-state index is 0.0790. The molecule has 5 nitrogen and oxygen atoms in total. The minimum atomic E-state index is -0.417. The Bertz CT molecular complexity index is 668. The average molecular weight is 345 g/mol. The van der Waals surface area contributed by atoms with Crippen molar-refractivity contribution in [1.29, 1.82) is 0 Å². The highest BCUT2D eigenvalue weighted by Crippen LogP contribution is 2.40. The van der Waals surface area contributed by atoms with Gasteiger partial charge in [-0.25, -0.2) is 9.78 Å². The Hall–Kier alpha value is -1.92. The van der Waals surface area contributed by atoms with Crippen LogP contribution in [0.1, 0.15) is 49.3 Å². The van der Waals surface area contributed by atoms with E-state index < -0.39 is 6.10 Å². The van der Waals surface area contributed by atoms with E-state index in [2.05, 4.69) is 15.6 Å². The fraction of sp³-hybridized carbons (Fsp3) is 0.444. The number of rotatable bonds is 7. The molecule has 3 rings (SSSR count). The maximum Gasteiger partial charge on any atom is 0.321 e. The number of aliphatic hydroxyl groups is 1. The van der Waals surface area contributed by atoms with Gasteiger partial charge in [-0.15, -0.1) is 11.3 Å². The third-order valence-corrected chi connectivity index (χ3v) is 4.92. The molecule has 1 saturated carbocycles. The van der Waals surface area contributed by atoms with E-state index in [-0.39, 0.29) is 11.9 Å². The number of anilines is 1. The van der Waals surface area contributed by atoms with Gasteiger partial charge in [-0.2, -0.15) is 0 Å². The van der Waals surface area contributed by atoms with Crippen LogP contribution in [0.3, 0.4) is 0 Å². The predicted molar refractivity (Wildman–Crippen MR) is 96.6 cm³/mol. The summed E-state index contributed by atoms with van der Waals surface area (Å²) >= 11 is 1.46. The van der Waals surface area contributed by atoms with Crippen molar-refractivity contribution < 1.29 is 9.90 Å². The molecule has 128 valence electrons. The van der Waals surface area contributed by atoms with Gasteiger partial charge in [-0.3, -0.25) is 5.32 Å². The van der Waals surface area contributed by atoms with Gasteiger partial charge in [0.15, 0.2) is 5.13 Å². The first-order valence-electron chi connectivity index (χ1n) is 8.35. The number of aromatic nitrogens is 1. The molecule has 0 radical (unpaired) electrons. The van der Waals surface area contributed by atoms with E-state index in [9.17, 15) is 9.90 Å². The summed E-state index contributed by atoms with van der Waals surface area (Å²) in [7, 11) is 0. The van der Waals surface area contributed by atoms with E-state index in [0.29, 0.717) is 24.0 Å². The minimum Gasteiger partial charge on any atom is -0.393 e. The third-order valence-electron chi connectivity index (χ3n) is 4.14. The van der Waals surface area contributed by atoms with Gasteiger partial charge < -0.3 is 10.4 Å². The highest BCUT2D eigenvalue weighted by atomic mass is 32.1. The van der Waals surface area contributed by atoms with Gasteiger partial charge in [0.1, 0.15) is 0 Å². The van der Waals surface area contributed by atoms with E-state index >= 15 is 0 Å². The maximum absolute atomic E-state index is 12.1. The maximum atomic E-state index is 12.1. The van der Waals surface area contributed by atoms with Crippen LogP contribution in [-0.2, 0) is 0 Å². The van der Waals surface area contributed by atoms with Crippen LogP contribution in [0.5, 0.6) is 0 Å². The van der Waals surface area contributed by atoms with Gasteiger partial charge in [0.05, 0.1) is 11.8 Å². The fourth-order valence-corrected chi connectivity index (χ4v) is 3.53. The zero-order valence-corrected chi connectivity index (χ0v) is 14.6. The molecular formula is C18H23N3O2S. The Morgan fingerprint density at radius 1 is 1.38 bits per heavy atom. The molecule has 1 aromatic carbocycles. The van der Waals surface area contributed by atoms with E-state index in [1.165, 1.54) is 24.2 Å². The predicted octanol–water partition coefficient (Wildman–Crippen LogP) is 3.70. The lowest BCUT2D eigenvalue weighted by Gasteiger charge is -2.19. The number of carbonyl (C=O) groups excluding carboxylic acids is 1. The summed E-state index contributed by atoms with van der Waals surface area (Å²) < 4.78 is 0. The fourth-order valence-electron chi connectivity index (χ4n) is 2.74. The van der Waals surface area contributed by atoms with Gasteiger partial charge in [0, 0.05) is 23.8 Å². The molecule has 6 heteroatoms. The molecule has 1 aromatic heterocycles. The Balaban J connectivity index is 1.53. The molecule has 0 saturated heterocycles. The number of amides is 2. The largest absolute Gasteiger partial charge is 0.393 e. The van der Waals surface area contributed by atoms with E-state index in [0.717, 1.165) is 11.3 Å². The van der Waals surface area contributed by atoms with Gasteiger partial charge >= 0.3 is 6.03 Å². The van der Waals surface area contributed by atoms with Crippen molar-refractivity contribution in [3.05, 3.63) is 47.0 Å². The monoisotopic (exact) mass is 345 g/mol. The first-order chi connectivity index (χ1) is 11.6. The molecule has 0 aliphatic heterocycles. The molecule has 2 amide bonds. The lowest BCUT2D eigenvalue weighted by molar-refractivity contribution is 0.173. The molecule has 1 heterocycles. The molecule has 0 bridgehead atoms. The number of hydrogen-bond acceptors (Lipinski definition) is 4. The Labute approximate surface area is 146 Å². The molecule has 0 spiro atoms. The lowest BCUT2D eigenvalue weighted by atomic mass is 9.93. The van der Waals surface area contributed by atoms with Gasteiger partial charge in [-0.05, 0) is 31.7 Å². The van der Waals surface area contributed by atoms with Crippen LogP contribution in [0, 0.1) is 0 Å². The van der Waals surface area contributed by atoms with Crippen LogP contribution < -0.4 is 10.6 Å². The first-order valence-corrected chi connectivity index (χ1v) is 9.23.